The molecule has 7 nitrogen and oxygen atoms in total. The van der Waals surface area contributed by atoms with E-state index >= 15 is 0 Å². The molecule has 0 saturated carbocycles. The number of rotatable bonds is 5. The lowest BCUT2D eigenvalue weighted by Gasteiger charge is -2.31. The van der Waals surface area contributed by atoms with Crippen molar-refractivity contribution in [1.29, 1.82) is 0 Å². The molecule has 0 aliphatic carbocycles. The van der Waals surface area contributed by atoms with Crippen molar-refractivity contribution >= 4 is 17.8 Å². The van der Waals surface area contributed by atoms with Gasteiger partial charge in [0.1, 0.15) is 6.54 Å². The van der Waals surface area contributed by atoms with Crippen LogP contribution in [0.3, 0.4) is 0 Å². The third kappa shape index (κ3) is 4.41. The molecule has 120 valence electrons. The van der Waals surface area contributed by atoms with Gasteiger partial charge in [-0.05, 0) is 32.3 Å². The number of amides is 1. The summed E-state index contributed by atoms with van der Waals surface area (Å²) in [6.45, 7) is 5.42. The topological polar surface area (TPSA) is 84.4 Å². The Morgan fingerprint density at radius 3 is 2.55 bits per heavy atom. The highest BCUT2D eigenvalue weighted by Crippen LogP contribution is 2.20. The first kappa shape index (κ1) is 16.2. The first-order valence-corrected chi connectivity index (χ1v) is 7.57. The van der Waals surface area contributed by atoms with E-state index in [1.165, 1.54) is 0 Å². The first-order chi connectivity index (χ1) is 10.6. The lowest BCUT2D eigenvalue weighted by Crippen LogP contribution is -2.42. The van der Waals surface area contributed by atoms with Gasteiger partial charge in [-0.3, -0.25) is 9.59 Å². The molecule has 2 rings (SSSR count). The van der Waals surface area contributed by atoms with Gasteiger partial charge in [0, 0.05) is 31.4 Å². The van der Waals surface area contributed by atoms with Crippen LogP contribution in [0.15, 0.2) is 12.4 Å². The zero-order valence-corrected chi connectivity index (χ0v) is 13.0. The summed E-state index contributed by atoms with van der Waals surface area (Å²) in [5.74, 6) is 0.144. The summed E-state index contributed by atoms with van der Waals surface area (Å²) < 4.78 is 4.79. The molecule has 0 bridgehead atoms. The monoisotopic (exact) mass is 306 g/mol. The van der Waals surface area contributed by atoms with Gasteiger partial charge in [0.05, 0.1) is 6.61 Å². The summed E-state index contributed by atoms with van der Waals surface area (Å²) in [6, 6.07) is 0. The molecule has 1 aliphatic rings. The predicted molar refractivity (Wildman–Crippen MR) is 81.3 cm³/mol. The number of aromatic nitrogens is 2. The molecule has 0 atom stereocenters. The van der Waals surface area contributed by atoms with Gasteiger partial charge in [-0.15, -0.1) is 0 Å². The van der Waals surface area contributed by atoms with Crippen molar-refractivity contribution in [2.24, 2.45) is 5.92 Å². The maximum absolute atomic E-state index is 12.0. The van der Waals surface area contributed by atoms with E-state index < -0.39 is 5.97 Å². The third-order valence-electron chi connectivity index (χ3n) is 3.63. The maximum Gasteiger partial charge on any atom is 0.325 e. The summed E-state index contributed by atoms with van der Waals surface area (Å²) in [4.78, 5) is 33.9. The summed E-state index contributed by atoms with van der Waals surface area (Å²) in [5, 5.41) is 2.64. The highest BCUT2D eigenvalue weighted by Gasteiger charge is 2.26. The molecular weight excluding hydrogens is 284 g/mol. The number of carbonyl (C=O) groups excluding carboxylic acids is 2. The molecular formula is C15H22N4O3. The molecule has 0 aromatic carbocycles. The van der Waals surface area contributed by atoms with E-state index in [1.807, 2.05) is 6.92 Å². The van der Waals surface area contributed by atoms with Gasteiger partial charge in [0.25, 0.3) is 0 Å². The Balaban J connectivity index is 1.78. The standard InChI is InChI=1S/C15H22N4O3/c1-3-22-13(20)10-16-14(21)12-4-6-19(7-5-12)15-17-8-11(2)9-18-15/h8-9,12H,3-7,10H2,1-2H3,(H,16,21). The van der Waals surface area contributed by atoms with E-state index in [2.05, 4.69) is 20.2 Å². The van der Waals surface area contributed by atoms with E-state index in [9.17, 15) is 9.59 Å². The van der Waals surface area contributed by atoms with Crippen molar-refractivity contribution in [3.8, 4) is 0 Å². The van der Waals surface area contributed by atoms with Crippen molar-refractivity contribution in [3.05, 3.63) is 18.0 Å². The Morgan fingerprint density at radius 2 is 1.95 bits per heavy atom. The lowest BCUT2D eigenvalue weighted by atomic mass is 9.96. The number of piperidine rings is 1. The van der Waals surface area contributed by atoms with Gasteiger partial charge in [0.2, 0.25) is 11.9 Å². The third-order valence-corrected chi connectivity index (χ3v) is 3.63. The minimum absolute atomic E-state index is 0.0615. The molecule has 7 heteroatoms. The number of anilines is 1. The molecule has 0 radical (unpaired) electrons. The van der Waals surface area contributed by atoms with Crippen LogP contribution in [0.25, 0.3) is 0 Å². The van der Waals surface area contributed by atoms with Gasteiger partial charge >= 0.3 is 5.97 Å². The molecule has 1 aromatic rings. The highest BCUT2D eigenvalue weighted by atomic mass is 16.5. The molecule has 2 heterocycles. The lowest BCUT2D eigenvalue weighted by molar-refractivity contribution is -0.143. The molecule has 1 N–H and O–H groups in total. The number of carbonyl (C=O) groups is 2. The number of hydrogen-bond donors (Lipinski definition) is 1. The van der Waals surface area contributed by atoms with E-state index in [0.29, 0.717) is 12.6 Å². The van der Waals surface area contributed by atoms with Crippen LogP contribution in [0.1, 0.15) is 25.3 Å². The Hall–Kier alpha value is -2.18. The van der Waals surface area contributed by atoms with Gasteiger partial charge < -0.3 is 15.0 Å². The molecule has 1 fully saturated rings. The van der Waals surface area contributed by atoms with E-state index in [0.717, 1.165) is 31.5 Å². The zero-order chi connectivity index (χ0) is 15.9. The number of nitrogens with one attached hydrogen (secondary N) is 1. The van der Waals surface area contributed by atoms with Crippen LogP contribution in [0.5, 0.6) is 0 Å². The highest BCUT2D eigenvalue weighted by molar-refractivity contribution is 5.83. The van der Waals surface area contributed by atoms with Gasteiger partial charge in [-0.1, -0.05) is 0 Å². The summed E-state index contributed by atoms with van der Waals surface area (Å²) in [5.41, 5.74) is 1.02. The summed E-state index contributed by atoms with van der Waals surface area (Å²) in [6.07, 6.45) is 5.04. The van der Waals surface area contributed by atoms with Gasteiger partial charge in [0.15, 0.2) is 0 Å². The number of nitrogens with zero attached hydrogens (tertiary/aromatic N) is 3. The van der Waals surface area contributed by atoms with Crippen molar-refractivity contribution in [2.75, 3.05) is 31.1 Å². The van der Waals surface area contributed by atoms with Crippen molar-refractivity contribution in [3.63, 3.8) is 0 Å². The number of aryl methyl sites for hydroxylation is 1. The largest absolute Gasteiger partial charge is 0.465 e. The normalized spacial score (nSPS) is 15.5. The molecule has 1 saturated heterocycles. The Bertz CT molecular complexity index is 510. The smallest absolute Gasteiger partial charge is 0.325 e. The fraction of sp³-hybridized carbons (Fsp3) is 0.600. The number of esters is 1. The minimum atomic E-state index is -0.402. The quantitative estimate of drug-likeness (QED) is 0.805. The second-order valence-corrected chi connectivity index (χ2v) is 5.34. The van der Waals surface area contributed by atoms with E-state index in [1.54, 1.807) is 19.3 Å². The number of hydrogen-bond acceptors (Lipinski definition) is 6. The molecule has 1 aromatic heterocycles. The van der Waals surface area contributed by atoms with E-state index in [-0.39, 0.29) is 18.4 Å². The maximum atomic E-state index is 12.0. The van der Waals surface area contributed by atoms with Crippen LogP contribution in [0.4, 0.5) is 5.95 Å². The van der Waals surface area contributed by atoms with Crippen LogP contribution >= 0.6 is 0 Å². The Kier molecular flexibility index (Phi) is 5.68. The summed E-state index contributed by atoms with van der Waals surface area (Å²) >= 11 is 0. The molecule has 0 spiro atoms. The number of ether oxygens (including phenoxy) is 1. The predicted octanol–water partition coefficient (Wildman–Crippen LogP) is 0.681. The SMILES string of the molecule is CCOC(=O)CNC(=O)C1CCN(c2ncc(C)cn2)CC1. The van der Waals surface area contributed by atoms with Gasteiger partial charge in [-0.25, -0.2) is 9.97 Å². The second-order valence-electron chi connectivity index (χ2n) is 5.34. The zero-order valence-electron chi connectivity index (χ0n) is 13.0. The van der Waals surface area contributed by atoms with E-state index in [4.69, 9.17) is 4.74 Å². The average Bonchev–Trinajstić information content (AvgIpc) is 2.54. The second kappa shape index (κ2) is 7.72. The first-order valence-electron chi connectivity index (χ1n) is 7.57. The van der Waals surface area contributed by atoms with Crippen LogP contribution in [-0.2, 0) is 14.3 Å². The van der Waals surface area contributed by atoms with Crippen LogP contribution in [0.2, 0.25) is 0 Å². The Labute approximate surface area is 130 Å². The van der Waals surface area contributed by atoms with Gasteiger partial charge in [-0.2, -0.15) is 0 Å². The van der Waals surface area contributed by atoms with Crippen LogP contribution < -0.4 is 10.2 Å². The van der Waals surface area contributed by atoms with Crippen LogP contribution in [0, 0.1) is 12.8 Å². The molecule has 0 unspecified atom stereocenters. The summed E-state index contributed by atoms with van der Waals surface area (Å²) in [7, 11) is 0. The Morgan fingerprint density at radius 1 is 1.32 bits per heavy atom. The molecule has 1 aliphatic heterocycles. The fourth-order valence-corrected chi connectivity index (χ4v) is 2.41. The molecule has 22 heavy (non-hydrogen) atoms. The van der Waals surface area contributed by atoms with Crippen molar-refractivity contribution < 1.29 is 14.3 Å². The fourth-order valence-electron chi connectivity index (χ4n) is 2.41. The van der Waals surface area contributed by atoms with Crippen LogP contribution in [-0.4, -0.2) is 48.1 Å². The van der Waals surface area contributed by atoms with Crippen molar-refractivity contribution in [2.45, 2.75) is 26.7 Å². The molecule has 1 amide bonds. The van der Waals surface area contributed by atoms with Crippen molar-refractivity contribution in [1.82, 2.24) is 15.3 Å². The minimum Gasteiger partial charge on any atom is -0.465 e. The average molecular weight is 306 g/mol.